The van der Waals surface area contributed by atoms with Gasteiger partial charge in [-0.15, -0.1) is 0 Å². The molecule has 3 nitrogen and oxygen atoms in total. The predicted octanol–water partition coefficient (Wildman–Crippen LogP) is 3.50. The largest absolute Gasteiger partial charge is 0.404 e. The molecule has 0 atom stereocenters. The molecule has 0 aliphatic heterocycles. The molecule has 0 amide bonds. The van der Waals surface area contributed by atoms with Gasteiger partial charge in [0.15, 0.2) is 0 Å². The van der Waals surface area contributed by atoms with E-state index in [0.29, 0.717) is 10.9 Å². The molecule has 0 spiro atoms. The van der Waals surface area contributed by atoms with Crippen LogP contribution < -0.4 is 5.63 Å². The second-order valence-corrected chi connectivity index (χ2v) is 4.24. The van der Waals surface area contributed by atoms with Crippen LogP contribution in [0.15, 0.2) is 57.7 Å². The fraction of sp³-hybridized carbons (Fsp3) is 0. The Kier molecular flexibility index (Phi) is 3.13. The summed E-state index contributed by atoms with van der Waals surface area (Å²) in [6.45, 7) is 0. The number of hydrogen-bond acceptors (Lipinski definition) is 3. The number of aromatic nitrogens is 1. The van der Waals surface area contributed by atoms with Crippen molar-refractivity contribution in [1.82, 2.24) is 4.98 Å². The molecular weight excluding hydrogens is 257 g/mol. The van der Waals surface area contributed by atoms with E-state index >= 15 is 0 Å². The molecule has 3 rings (SSSR count). The Morgan fingerprint density at radius 1 is 1.00 bits per heavy atom. The summed E-state index contributed by atoms with van der Waals surface area (Å²) >= 11 is 0. The van der Waals surface area contributed by atoms with Gasteiger partial charge in [-0.3, -0.25) is 0 Å². The van der Waals surface area contributed by atoms with Crippen LogP contribution in [0.3, 0.4) is 0 Å². The van der Waals surface area contributed by atoms with E-state index in [1.54, 1.807) is 42.5 Å². The zero-order valence-corrected chi connectivity index (χ0v) is 10.4. The molecule has 1 aromatic heterocycles. The van der Waals surface area contributed by atoms with Gasteiger partial charge in [0.25, 0.3) is 0 Å². The molecule has 3 aromatic rings. The second-order valence-electron chi connectivity index (χ2n) is 4.24. The number of rotatable bonds is 2. The van der Waals surface area contributed by atoms with E-state index < -0.39 is 5.63 Å². The molecule has 0 aliphatic rings. The summed E-state index contributed by atoms with van der Waals surface area (Å²) in [6.07, 6.45) is 3.29. The zero-order chi connectivity index (χ0) is 13.9. The third kappa shape index (κ3) is 2.49. The maximum atomic E-state index is 12.8. The highest BCUT2D eigenvalue weighted by Gasteiger charge is 2.02. The Labute approximate surface area is 114 Å². The van der Waals surface area contributed by atoms with E-state index in [9.17, 15) is 9.18 Å². The van der Waals surface area contributed by atoms with Crippen molar-refractivity contribution < 1.29 is 8.81 Å². The van der Waals surface area contributed by atoms with Crippen LogP contribution in [0.5, 0.6) is 0 Å². The van der Waals surface area contributed by atoms with Crippen LogP contribution in [-0.4, -0.2) is 4.98 Å². The lowest BCUT2D eigenvalue weighted by molar-refractivity contribution is 0.491. The Morgan fingerprint density at radius 2 is 1.75 bits per heavy atom. The highest BCUT2D eigenvalue weighted by atomic mass is 19.1. The molecule has 0 saturated carbocycles. The van der Waals surface area contributed by atoms with E-state index in [1.165, 1.54) is 12.1 Å². The number of fused-ring (bicyclic) bond motifs is 1. The first-order chi connectivity index (χ1) is 9.72. The number of benzene rings is 2. The molecule has 0 saturated heterocycles. The zero-order valence-electron chi connectivity index (χ0n) is 10.4. The van der Waals surface area contributed by atoms with Gasteiger partial charge >= 0.3 is 5.63 Å². The number of nitrogens with zero attached hydrogens (tertiary/aromatic N) is 1. The van der Waals surface area contributed by atoms with Crippen LogP contribution in [0.4, 0.5) is 4.39 Å². The maximum Gasteiger partial charge on any atom is 0.347 e. The van der Waals surface area contributed by atoms with Crippen molar-refractivity contribution in [3.8, 4) is 0 Å². The molecule has 1 heterocycles. The monoisotopic (exact) mass is 267 g/mol. The third-order valence-corrected chi connectivity index (χ3v) is 2.84. The van der Waals surface area contributed by atoms with Gasteiger partial charge in [-0.25, -0.2) is 14.2 Å². The topological polar surface area (TPSA) is 43.1 Å². The standard InChI is InChI=1S/C16H10FNO2/c17-12-8-5-11(6-9-12)7-10-15-18-14-4-2-1-3-13(14)16(19)20-15/h1-10H/b10-7+. The lowest BCUT2D eigenvalue weighted by atomic mass is 10.2. The highest BCUT2D eigenvalue weighted by Crippen LogP contribution is 2.10. The summed E-state index contributed by atoms with van der Waals surface area (Å²) in [7, 11) is 0. The van der Waals surface area contributed by atoms with Crippen molar-refractivity contribution >= 4 is 23.1 Å². The Bertz CT molecular complexity index is 835. The van der Waals surface area contributed by atoms with E-state index in [1.807, 2.05) is 6.07 Å². The first-order valence-electron chi connectivity index (χ1n) is 6.06. The van der Waals surface area contributed by atoms with Crippen LogP contribution >= 0.6 is 0 Å². The number of hydrogen-bond donors (Lipinski definition) is 0. The fourth-order valence-electron chi connectivity index (χ4n) is 1.85. The molecule has 0 fully saturated rings. The highest BCUT2D eigenvalue weighted by molar-refractivity contribution is 5.78. The molecule has 20 heavy (non-hydrogen) atoms. The molecule has 0 N–H and O–H groups in total. The molecule has 98 valence electrons. The maximum absolute atomic E-state index is 12.8. The van der Waals surface area contributed by atoms with E-state index in [-0.39, 0.29) is 11.7 Å². The smallest absolute Gasteiger partial charge is 0.347 e. The summed E-state index contributed by atoms with van der Waals surface area (Å²) in [5, 5.41) is 0.450. The minimum Gasteiger partial charge on any atom is -0.404 e. The van der Waals surface area contributed by atoms with E-state index in [4.69, 9.17) is 4.42 Å². The van der Waals surface area contributed by atoms with Gasteiger partial charge in [0, 0.05) is 6.08 Å². The van der Waals surface area contributed by atoms with Gasteiger partial charge in [0.1, 0.15) is 5.82 Å². The summed E-state index contributed by atoms with van der Waals surface area (Å²) in [5.41, 5.74) is 0.959. The molecule has 2 aromatic carbocycles. The number of halogens is 1. The van der Waals surface area contributed by atoms with Crippen molar-refractivity contribution in [2.24, 2.45) is 0 Å². The third-order valence-electron chi connectivity index (χ3n) is 2.84. The SMILES string of the molecule is O=c1oc(/C=C/c2ccc(F)cc2)nc2ccccc12. The van der Waals surface area contributed by atoms with Gasteiger partial charge < -0.3 is 4.42 Å². The molecule has 4 heteroatoms. The molecule has 0 aliphatic carbocycles. The summed E-state index contributed by atoms with van der Waals surface area (Å²) in [5.74, 6) is -0.0736. The van der Waals surface area contributed by atoms with Crippen molar-refractivity contribution in [1.29, 1.82) is 0 Å². The van der Waals surface area contributed by atoms with Crippen molar-refractivity contribution in [2.75, 3.05) is 0 Å². The van der Waals surface area contributed by atoms with Crippen molar-refractivity contribution in [3.05, 3.63) is 76.2 Å². The average molecular weight is 267 g/mol. The second kappa shape index (κ2) is 5.09. The molecular formula is C16H10FNO2. The molecule has 0 unspecified atom stereocenters. The van der Waals surface area contributed by atoms with Gasteiger partial charge in [-0.1, -0.05) is 24.3 Å². The Morgan fingerprint density at radius 3 is 2.55 bits per heavy atom. The number of para-hydroxylation sites is 1. The lowest BCUT2D eigenvalue weighted by Crippen LogP contribution is -2.02. The molecule has 0 bridgehead atoms. The minimum absolute atomic E-state index is 0.220. The van der Waals surface area contributed by atoms with Crippen molar-refractivity contribution in [3.63, 3.8) is 0 Å². The predicted molar refractivity (Wildman–Crippen MR) is 75.6 cm³/mol. The van der Waals surface area contributed by atoms with Gasteiger partial charge in [-0.05, 0) is 35.9 Å². The summed E-state index contributed by atoms with van der Waals surface area (Å²) in [4.78, 5) is 16.0. The average Bonchev–Trinajstić information content (AvgIpc) is 2.47. The Hall–Kier alpha value is -2.75. The quantitative estimate of drug-likeness (QED) is 0.713. The van der Waals surface area contributed by atoms with Crippen LogP contribution in [0.25, 0.3) is 23.1 Å². The van der Waals surface area contributed by atoms with Gasteiger partial charge in [0.2, 0.25) is 5.89 Å². The van der Waals surface area contributed by atoms with Gasteiger partial charge in [0.05, 0.1) is 10.9 Å². The van der Waals surface area contributed by atoms with Crippen molar-refractivity contribution in [2.45, 2.75) is 0 Å². The lowest BCUT2D eigenvalue weighted by Gasteiger charge is -1.97. The van der Waals surface area contributed by atoms with Crippen LogP contribution in [-0.2, 0) is 0 Å². The minimum atomic E-state index is -0.422. The summed E-state index contributed by atoms with van der Waals surface area (Å²) in [6, 6.07) is 13.0. The van der Waals surface area contributed by atoms with Gasteiger partial charge in [-0.2, -0.15) is 0 Å². The van der Waals surface area contributed by atoms with E-state index in [2.05, 4.69) is 4.98 Å². The first-order valence-corrected chi connectivity index (χ1v) is 6.06. The first kappa shape index (κ1) is 12.3. The van der Waals surface area contributed by atoms with Crippen LogP contribution in [0.2, 0.25) is 0 Å². The van der Waals surface area contributed by atoms with Crippen LogP contribution in [0.1, 0.15) is 11.5 Å². The Balaban J connectivity index is 1.98. The van der Waals surface area contributed by atoms with Crippen LogP contribution in [0, 0.1) is 5.82 Å². The van der Waals surface area contributed by atoms with E-state index in [0.717, 1.165) is 5.56 Å². The normalized spacial score (nSPS) is 11.2. The summed E-state index contributed by atoms with van der Waals surface area (Å²) < 4.78 is 17.9. The fourth-order valence-corrected chi connectivity index (χ4v) is 1.85. The molecule has 0 radical (unpaired) electrons.